The van der Waals surface area contributed by atoms with E-state index in [4.69, 9.17) is 4.42 Å². The number of thiazole rings is 1. The number of hydrogen-bond acceptors (Lipinski definition) is 6. The van der Waals surface area contributed by atoms with Gasteiger partial charge in [0.15, 0.2) is 10.9 Å². The molecule has 2 aromatic heterocycles. The van der Waals surface area contributed by atoms with Gasteiger partial charge in [-0.1, -0.05) is 29.5 Å². The summed E-state index contributed by atoms with van der Waals surface area (Å²) in [5.41, 5.74) is 0.189. The van der Waals surface area contributed by atoms with Crippen molar-refractivity contribution in [2.24, 2.45) is 0 Å². The number of nitrogens with zero attached hydrogens (tertiary/aromatic N) is 2. The number of amides is 1. The molecule has 1 aliphatic heterocycles. The molecule has 140 valence electrons. The summed E-state index contributed by atoms with van der Waals surface area (Å²) >= 11 is 1.32. The molecular formula is C20H21N3O3S. The molecule has 1 amide bonds. The molecule has 7 heteroatoms. The Labute approximate surface area is 161 Å². The third-order valence-corrected chi connectivity index (χ3v) is 6.04. The lowest BCUT2D eigenvalue weighted by Crippen LogP contribution is -2.40. The zero-order valence-electron chi connectivity index (χ0n) is 15.0. The molecule has 4 rings (SSSR count). The van der Waals surface area contributed by atoms with E-state index in [9.17, 15) is 9.90 Å². The van der Waals surface area contributed by atoms with Crippen molar-refractivity contribution in [1.29, 1.82) is 0 Å². The van der Waals surface area contributed by atoms with Gasteiger partial charge in [0.2, 0.25) is 0 Å². The van der Waals surface area contributed by atoms with Crippen LogP contribution in [0.3, 0.4) is 0 Å². The molecule has 0 aliphatic carbocycles. The predicted octanol–water partition coefficient (Wildman–Crippen LogP) is 3.57. The van der Waals surface area contributed by atoms with Crippen molar-refractivity contribution in [3.05, 3.63) is 59.2 Å². The summed E-state index contributed by atoms with van der Waals surface area (Å²) in [5.74, 6) is 0.367. The summed E-state index contributed by atoms with van der Waals surface area (Å²) in [6, 6.07) is 12.6. The molecule has 3 aromatic rings. The van der Waals surface area contributed by atoms with Crippen molar-refractivity contribution in [3.8, 4) is 11.5 Å². The maximum atomic E-state index is 12.5. The fourth-order valence-corrected chi connectivity index (χ4v) is 4.35. The number of nitrogens with one attached hydrogen (secondary N) is 1. The number of furan rings is 1. The van der Waals surface area contributed by atoms with Crippen LogP contribution in [0, 0.1) is 0 Å². The van der Waals surface area contributed by atoms with Crippen LogP contribution in [0.15, 0.2) is 53.1 Å². The topological polar surface area (TPSA) is 78.6 Å². The van der Waals surface area contributed by atoms with Gasteiger partial charge in [-0.25, -0.2) is 4.98 Å². The molecule has 2 N–H and O–H groups in total. The van der Waals surface area contributed by atoms with Gasteiger partial charge in [-0.3, -0.25) is 10.1 Å². The van der Waals surface area contributed by atoms with Crippen LogP contribution in [0.4, 0.5) is 5.13 Å². The second kappa shape index (κ2) is 7.26. The fraction of sp³-hybridized carbons (Fsp3) is 0.300. The van der Waals surface area contributed by atoms with E-state index in [0.29, 0.717) is 35.0 Å². The molecule has 0 bridgehead atoms. The minimum Gasteiger partial charge on any atom is -0.463 e. The number of hydrogen-bond donors (Lipinski definition) is 2. The van der Waals surface area contributed by atoms with Crippen LogP contribution in [0.2, 0.25) is 0 Å². The van der Waals surface area contributed by atoms with E-state index in [-0.39, 0.29) is 5.91 Å². The number of aromatic nitrogens is 1. The second-order valence-corrected chi connectivity index (χ2v) is 7.83. The van der Waals surface area contributed by atoms with Crippen LogP contribution < -0.4 is 5.32 Å². The number of carbonyl (C=O) groups is 1. The summed E-state index contributed by atoms with van der Waals surface area (Å²) < 4.78 is 5.53. The van der Waals surface area contributed by atoms with Gasteiger partial charge >= 0.3 is 0 Å². The van der Waals surface area contributed by atoms with Gasteiger partial charge in [-0.15, -0.1) is 0 Å². The van der Waals surface area contributed by atoms with Crippen molar-refractivity contribution in [2.45, 2.75) is 18.4 Å². The molecule has 0 atom stereocenters. The van der Waals surface area contributed by atoms with Gasteiger partial charge < -0.3 is 14.4 Å². The monoisotopic (exact) mass is 383 g/mol. The predicted molar refractivity (Wildman–Crippen MR) is 105 cm³/mol. The molecule has 27 heavy (non-hydrogen) atoms. The average molecular weight is 383 g/mol. The van der Waals surface area contributed by atoms with Crippen LogP contribution in [-0.2, 0) is 5.60 Å². The van der Waals surface area contributed by atoms with Gasteiger partial charge in [-0.05, 0) is 44.2 Å². The normalized spacial score (nSPS) is 17.0. The van der Waals surface area contributed by atoms with Crippen LogP contribution in [-0.4, -0.2) is 41.0 Å². The highest BCUT2D eigenvalue weighted by Crippen LogP contribution is 2.43. The average Bonchev–Trinajstić information content (AvgIpc) is 3.35. The lowest BCUT2D eigenvalue weighted by Gasteiger charge is -2.36. The third kappa shape index (κ3) is 3.66. The number of piperidine rings is 1. The minimum atomic E-state index is -0.970. The number of anilines is 1. The molecule has 0 unspecified atom stereocenters. The summed E-state index contributed by atoms with van der Waals surface area (Å²) in [5, 5.41) is 14.6. The molecule has 1 fully saturated rings. The number of aliphatic hydroxyl groups is 1. The fourth-order valence-electron chi connectivity index (χ4n) is 3.24. The Kier molecular flexibility index (Phi) is 4.82. The smallest absolute Gasteiger partial charge is 0.257 e. The summed E-state index contributed by atoms with van der Waals surface area (Å²) in [6.45, 7) is 1.61. The molecule has 0 spiro atoms. The summed E-state index contributed by atoms with van der Waals surface area (Å²) in [4.78, 5) is 20.0. The molecule has 1 aromatic carbocycles. The molecule has 1 aliphatic rings. The number of benzene rings is 1. The van der Waals surface area contributed by atoms with E-state index in [1.165, 1.54) is 11.3 Å². The Morgan fingerprint density at radius 2 is 1.96 bits per heavy atom. The lowest BCUT2D eigenvalue weighted by atomic mass is 9.89. The lowest BCUT2D eigenvalue weighted by molar-refractivity contribution is -0.0170. The van der Waals surface area contributed by atoms with Gasteiger partial charge in [0.25, 0.3) is 5.91 Å². The quantitative estimate of drug-likeness (QED) is 0.720. The van der Waals surface area contributed by atoms with Crippen molar-refractivity contribution < 1.29 is 14.3 Å². The van der Waals surface area contributed by atoms with E-state index >= 15 is 0 Å². The SMILES string of the molecule is CN1CCC(O)(c2sc(NC(=O)c3ccccc3)nc2-c2ccco2)CC1. The molecule has 3 heterocycles. The Morgan fingerprint density at radius 1 is 1.22 bits per heavy atom. The molecule has 6 nitrogen and oxygen atoms in total. The zero-order chi connectivity index (χ0) is 18.9. The second-order valence-electron chi connectivity index (χ2n) is 6.83. The van der Waals surface area contributed by atoms with E-state index in [2.05, 4.69) is 15.2 Å². The van der Waals surface area contributed by atoms with E-state index in [1.54, 1.807) is 24.5 Å². The first-order chi connectivity index (χ1) is 13.0. The van der Waals surface area contributed by atoms with Gasteiger partial charge in [0, 0.05) is 18.7 Å². The third-order valence-electron chi connectivity index (χ3n) is 4.88. The van der Waals surface area contributed by atoms with Gasteiger partial charge in [-0.2, -0.15) is 0 Å². The maximum absolute atomic E-state index is 12.5. The van der Waals surface area contributed by atoms with Crippen molar-refractivity contribution in [2.75, 3.05) is 25.5 Å². The minimum absolute atomic E-state index is 0.225. The van der Waals surface area contributed by atoms with Crippen LogP contribution in [0.5, 0.6) is 0 Å². The molecule has 0 radical (unpaired) electrons. The van der Waals surface area contributed by atoms with Crippen molar-refractivity contribution in [1.82, 2.24) is 9.88 Å². The molecular weight excluding hydrogens is 362 g/mol. The van der Waals surface area contributed by atoms with E-state index in [0.717, 1.165) is 18.0 Å². The molecule has 0 saturated carbocycles. The largest absolute Gasteiger partial charge is 0.463 e. The highest BCUT2D eigenvalue weighted by molar-refractivity contribution is 7.16. The first-order valence-electron chi connectivity index (χ1n) is 8.88. The first-order valence-corrected chi connectivity index (χ1v) is 9.69. The summed E-state index contributed by atoms with van der Waals surface area (Å²) in [6.07, 6.45) is 2.82. The van der Waals surface area contributed by atoms with E-state index < -0.39 is 5.60 Å². The standard InChI is InChI=1S/C20H21N3O3S/c1-23-11-9-20(25,10-12-23)17-16(15-8-5-13-26-15)21-19(27-17)22-18(24)14-6-3-2-4-7-14/h2-8,13,25H,9-12H2,1H3,(H,21,22,24). The first kappa shape index (κ1) is 17.9. The zero-order valence-corrected chi connectivity index (χ0v) is 15.8. The Balaban J connectivity index is 1.67. The van der Waals surface area contributed by atoms with Crippen LogP contribution >= 0.6 is 11.3 Å². The van der Waals surface area contributed by atoms with Crippen LogP contribution in [0.1, 0.15) is 28.1 Å². The van der Waals surface area contributed by atoms with Gasteiger partial charge in [0.1, 0.15) is 11.3 Å². The Hall–Kier alpha value is -2.48. The van der Waals surface area contributed by atoms with Crippen molar-refractivity contribution >= 4 is 22.4 Å². The van der Waals surface area contributed by atoms with E-state index in [1.807, 2.05) is 31.3 Å². The maximum Gasteiger partial charge on any atom is 0.257 e. The number of carbonyl (C=O) groups excluding carboxylic acids is 1. The van der Waals surface area contributed by atoms with Crippen molar-refractivity contribution in [3.63, 3.8) is 0 Å². The summed E-state index contributed by atoms with van der Waals surface area (Å²) in [7, 11) is 2.05. The van der Waals surface area contributed by atoms with Gasteiger partial charge in [0.05, 0.1) is 11.1 Å². The Morgan fingerprint density at radius 3 is 2.63 bits per heavy atom. The number of likely N-dealkylation sites (tertiary alicyclic amines) is 1. The van der Waals surface area contributed by atoms with Crippen LogP contribution in [0.25, 0.3) is 11.5 Å². The highest BCUT2D eigenvalue weighted by atomic mass is 32.1. The number of rotatable bonds is 4. The Bertz CT molecular complexity index is 913. The molecule has 1 saturated heterocycles. The highest BCUT2D eigenvalue weighted by Gasteiger charge is 2.38.